The van der Waals surface area contributed by atoms with Gasteiger partial charge in [-0.3, -0.25) is 0 Å². The summed E-state index contributed by atoms with van der Waals surface area (Å²) >= 11 is 0. The molecule has 3 aromatic rings. The minimum absolute atomic E-state index is 0. The molecule has 3 heteroatoms. The molecule has 0 saturated carbocycles. The summed E-state index contributed by atoms with van der Waals surface area (Å²) in [5, 5.41) is 0. The van der Waals surface area contributed by atoms with Crippen LogP contribution in [0.25, 0.3) is 11.3 Å². The molecule has 0 unspecified atom stereocenters. The number of halogens is 1. The van der Waals surface area contributed by atoms with Crippen molar-refractivity contribution in [2.75, 3.05) is 0 Å². The van der Waals surface area contributed by atoms with E-state index in [1.54, 1.807) is 0 Å². The second-order valence-electron chi connectivity index (χ2n) is 8.13. The molecule has 0 bridgehead atoms. The topological polar surface area (TPSA) is 23.2 Å². The van der Waals surface area contributed by atoms with E-state index in [2.05, 4.69) is 96.9 Å². The monoisotopic (exact) mass is 463 g/mol. The SMILES string of the molecule is CC1=C(c2ccccc2)Oc2ccccc2/C1=C\C=C1C=CC(=[NH+]Cc2ccccc2)C=C1.[Cl-]. The van der Waals surface area contributed by atoms with Gasteiger partial charge in [0.2, 0.25) is 0 Å². The Kier molecular flexibility index (Phi) is 7.41. The minimum atomic E-state index is 0. The number of hydrogen-bond acceptors (Lipinski definition) is 1. The quantitative estimate of drug-likeness (QED) is 0.631. The molecule has 3 aromatic carbocycles. The highest BCUT2D eigenvalue weighted by Gasteiger charge is 2.22. The van der Waals surface area contributed by atoms with Gasteiger partial charge in [0.25, 0.3) is 0 Å². The zero-order valence-corrected chi connectivity index (χ0v) is 19.8. The zero-order chi connectivity index (χ0) is 22.5. The summed E-state index contributed by atoms with van der Waals surface area (Å²) in [6, 6.07) is 29.0. The second-order valence-corrected chi connectivity index (χ2v) is 8.13. The summed E-state index contributed by atoms with van der Waals surface area (Å²) in [7, 11) is 0. The summed E-state index contributed by atoms with van der Waals surface area (Å²) in [4.78, 5) is 3.48. The molecule has 1 aliphatic heterocycles. The second kappa shape index (κ2) is 10.8. The molecular weight excluding hydrogens is 438 g/mol. The molecule has 0 atom stereocenters. The highest BCUT2D eigenvalue weighted by molar-refractivity contribution is 6.01. The molecule has 0 aromatic heterocycles. The Labute approximate surface area is 207 Å². The van der Waals surface area contributed by atoms with E-state index >= 15 is 0 Å². The van der Waals surface area contributed by atoms with Gasteiger partial charge in [0, 0.05) is 34.4 Å². The third-order valence-corrected chi connectivity index (χ3v) is 5.86. The van der Waals surface area contributed by atoms with Crippen LogP contribution in [0, 0.1) is 0 Å². The van der Waals surface area contributed by atoms with Crippen molar-refractivity contribution in [3.8, 4) is 5.75 Å². The highest BCUT2D eigenvalue weighted by atomic mass is 35.5. The average Bonchev–Trinajstić information content (AvgIpc) is 2.88. The van der Waals surface area contributed by atoms with Crippen LogP contribution in [-0.2, 0) is 6.54 Å². The van der Waals surface area contributed by atoms with Crippen molar-refractivity contribution >= 4 is 17.0 Å². The van der Waals surface area contributed by atoms with Crippen LogP contribution in [0.4, 0.5) is 0 Å². The number of hydrogen-bond donors (Lipinski definition) is 1. The van der Waals surface area contributed by atoms with E-state index in [1.807, 2.05) is 36.4 Å². The molecule has 2 aliphatic rings. The van der Waals surface area contributed by atoms with E-state index in [4.69, 9.17) is 4.74 Å². The Morgan fingerprint density at radius 3 is 2.12 bits per heavy atom. The molecule has 0 radical (unpaired) electrons. The van der Waals surface area contributed by atoms with Crippen LogP contribution >= 0.6 is 0 Å². The summed E-state index contributed by atoms with van der Waals surface area (Å²) in [5.41, 5.74) is 8.07. The van der Waals surface area contributed by atoms with E-state index in [1.165, 1.54) is 11.1 Å². The van der Waals surface area contributed by atoms with Crippen LogP contribution in [0.3, 0.4) is 0 Å². The van der Waals surface area contributed by atoms with E-state index in [0.29, 0.717) is 0 Å². The van der Waals surface area contributed by atoms with Gasteiger partial charge in [-0.05, 0) is 36.3 Å². The number of allylic oxidation sites excluding steroid dienone is 9. The molecule has 0 saturated heterocycles. The fourth-order valence-electron chi connectivity index (χ4n) is 4.06. The lowest BCUT2D eigenvalue weighted by atomic mass is 9.92. The van der Waals surface area contributed by atoms with Crippen molar-refractivity contribution in [2.24, 2.45) is 0 Å². The Morgan fingerprint density at radius 1 is 0.735 bits per heavy atom. The fraction of sp³-hybridized carbons (Fsp3) is 0.0645. The minimum Gasteiger partial charge on any atom is -1.00 e. The van der Waals surface area contributed by atoms with Gasteiger partial charge in [0.05, 0.1) is 0 Å². The van der Waals surface area contributed by atoms with Gasteiger partial charge in [-0.2, -0.15) is 0 Å². The lowest BCUT2D eigenvalue weighted by Crippen LogP contribution is -3.00. The number of rotatable bonds is 4. The molecule has 0 fully saturated rings. The summed E-state index contributed by atoms with van der Waals surface area (Å²) in [6.07, 6.45) is 12.9. The van der Waals surface area contributed by atoms with Gasteiger partial charge in [-0.1, -0.05) is 91.0 Å². The van der Waals surface area contributed by atoms with Crippen LogP contribution < -0.4 is 22.1 Å². The van der Waals surface area contributed by atoms with Crippen molar-refractivity contribution in [3.05, 3.63) is 149 Å². The Hall–Kier alpha value is -3.88. The van der Waals surface area contributed by atoms with Crippen LogP contribution in [0.5, 0.6) is 5.75 Å². The number of nitrogens with one attached hydrogen (secondary N) is 1. The predicted molar refractivity (Wildman–Crippen MR) is 137 cm³/mol. The van der Waals surface area contributed by atoms with E-state index in [9.17, 15) is 0 Å². The zero-order valence-electron chi connectivity index (χ0n) is 19.0. The van der Waals surface area contributed by atoms with Crippen LogP contribution in [0.1, 0.15) is 23.6 Å². The van der Waals surface area contributed by atoms with Crippen molar-refractivity contribution in [1.29, 1.82) is 0 Å². The summed E-state index contributed by atoms with van der Waals surface area (Å²) in [6.45, 7) is 2.95. The Bertz CT molecular complexity index is 1320. The number of para-hydroxylation sites is 1. The molecule has 5 rings (SSSR count). The third kappa shape index (κ3) is 5.19. The first-order valence-corrected chi connectivity index (χ1v) is 11.2. The molecule has 1 N–H and O–H groups in total. The molecule has 1 aliphatic carbocycles. The van der Waals surface area contributed by atoms with E-state index in [0.717, 1.165) is 46.0 Å². The maximum absolute atomic E-state index is 6.31. The lowest BCUT2D eigenvalue weighted by Gasteiger charge is -2.24. The van der Waals surface area contributed by atoms with Gasteiger partial charge >= 0.3 is 0 Å². The fourth-order valence-corrected chi connectivity index (χ4v) is 4.06. The molecule has 2 nitrogen and oxygen atoms in total. The maximum Gasteiger partial charge on any atom is 0.198 e. The van der Waals surface area contributed by atoms with Crippen LogP contribution in [-0.4, -0.2) is 5.71 Å². The smallest absolute Gasteiger partial charge is 0.198 e. The predicted octanol–water partition coefficient (Wildman–Crippen LogP) is 2.67. The van der Waals surface area contributed by atoms with Gasteiger partial charge in [0.1, 0.15) is 11.5 Å². The lowest BCUT2D eigenvalue weighted by molar-refractivity contribution is -0.473. The first-order chi connectivity index (χ1) is 16.3. The van der Waals surface area contributed by atoms with E-state index < -0.39 is 0 Å². The molecule has 0 spiro atoms. The standard InChI is InChI=1S/C31H25NO.ClH/c1-23-28(29-14-8-9-15-30(29)33-31(23)26-12-6-3-7-13-26)21-18-24-16-19-27(20-17-24)32-22-25-10-4-2-5-11-25;/h2-21H,22H2,1H3;1H/b24-18?,28-21-,32-27?;. The molecular formula is C31H26ClNO. The molecule has 34 heavy (non-hydrogen) atoms. The van der Waals surface area contributed by atoms with Crippen LogP contribution in [0.15, 0.2) is 133 Å². The van der Waals surface area contributed by atoms with Crippen LogP contribution in [0.2, 0.25) is 0 Å². The van der Waals surface area contributed by atoms with Gasteiger partial charge in [-0.25, -0.2) is 4.99 Å². The van der Waals surface area contributed by atoms with Gasteiger partial charge in [-0.15, -0.1) is 0 Å². The normalized spacial score (nSPS) is 15.5. The largest absolute Gasteiger partial charge is 1.00 e. The highest BCUT2D eigenvalue weighted by Crippen LogP contribution is 2.41. The van der Waals surface area contributed by atoms with Crippen molar-refractivity contribution in [3.63, 3.8) is 0 Å². The summed E-state index contributed by atoms with van der Waals surface area (Å²) < 4.78 is 6.31. The first kappa shape index (κ1) is 23.3. The van der Waals surface area contributed by atoms with Crippen molar-refractivity contribution in [1.82, 2.24) is 0 Å². The molecule has 1 heterocycles. The summed E-state index contributed by atoms with van der Waals surface area (Å²) in [5.74, 6) is 1.80. The number of fused-ring (bicyclic) bond motifs is 1. The maximum atomic E-state index is 6.31. The Balaban J connectivity index is 0.00000274. The molecule has 0 amide bonds. The first-order valence-electron chi connectivity index (χ1n) is 11.2. The van der Waals surface area contributed by atoms with E-state index in [-0.39, 0.29) is 12.4 Å². The van der Waals surface area contributed by atoms with Crippen molar-refractivity contribution in [2.45, 2.75) is 13.5 Å². The third-order valence-electron chi connectivity index (χ3n) is 5.86. The Morgan fingerprint density at radius 2 is 1.38 bits per heavy atom. The molecule has 168 valence electrons. The average molecular weight is 464 g/mol. The number of benzene rings is 3. The van der Waals surface area contributed by atoms with Crippen molar-refractivity contribution < 1.29 is 22.1 Å². The number of ether oxygens (including phenoxy) is 1. The van der Waals surface area contributed by atoms with Gasteiger partial charge < -0.3 is 17.1 Å². The van der Waals surface area contributed by atoms with Gasteiger partial charge in [0.15, 0.2) is 12.3 Å².